The quantitative estimate of drug-likeness (QED) is 0.673. The average Bonchev–Trinajstić information content (AvgIpc) is 2.57. The highest BCUT2D eigenvalue weighted by Crippen LogP contribution is 2.29. The molecule has 1 heterocycles. The summed E-state index contributed by atoms with van der Waals surface area (Å²) in [5, 5.41) is 0.0472. The first kappa shape index (κ1) is 12.6. The van der Waals surface area contributed by atoms with Crippen molar-refractivity contribution in [2.45, 2.75) is 18.6 Å². The van der Waals surface area contributed by atoms with E-state index in [2.05, 4.69) is 28.6 Å². The van der Waals surface area contributed by atoms with Gasteiger partial charge in [-0.05, 0) is 25.1 Å². The third kappa shape index (κ3) is 2.55. The van der Waals surface area contributed by atoms with Crippen molar-refractivity contribution < 1.29 is 9.59 Å². The maximum absolute atomic E-state index is 11.8. The fourth-order valence-corrected chi connectivity index (χ4v) is 2.63. The summed E-state index contributed by atoms with van der Waals surface area (Å²) >= 11 is 7.64. The van der Waals surface area contributed by atoms with Crippen molar-refractivity contribution in [3.63, 3.8) is 0 Å². The predicted octanol–water partition coefficient (Wildman–Crippen LogP) is 2.69. The average molecular weight is 314 g/mol. The van der Waals surface area contributed by atoms with Crippen LogP contribution >= 0.6 is 28.6 Å². The van der Waals surface area contributed by atoms with Gasteiger partial charge in [0.25, 0.3) is 0 Å². The van der Waals surface area contributed by atoms with Crippen LogP contribution in [0.4, 0.5) is 5.69 Å². The van der Waals surface area contributed by atoms with E-state index in [1.54, 1.807) is 17.0 Å². The molecule has 0 saturated carbocycles. The lowest BCUT2D eigenvalue weighted by Crippen LogP contribution is -2.26. The lowest BCUT2D eigenvalue weighted by Gasteiger charge is -2.19. The van der Waals surface area contributed by atoms with Gasteiger partial charge in [-0.1, -0.05) is 15.9 Å². The largest absolute Gasteiger partial charge is 0.311 e. The van der Waals surface area contributed by atoms with Crippen LogP contribution in [0.5, 0.6) is 0 Å². The van der Waals surface area contributed by atoms with E-state index < -0.39 is 0 Å². The topological polar surface area (TPSA) is 37.4 Å². The molecule has 1 fully saturated rings. The number of hydrogen-bond acceptors (Lipinski definition) is 3. The highest BCUT2D eigenvalue weighted by atomic mass is 79.9. The molecule has 1 atom stereocenters. The van der Waals surface area contributed by atoms with Crippen molar-refractivity contribution in [3.8, 4) is 0 Å². The molecule has 1 aliphatic rings. The number of amides is 1. The standard InChI is InChI=1S/C12H12BrNO2S/c1-7(15)10-4-8(13)2-3-11(10)14-6-9(17)5-12(14)16/h2-4,9,17H,5-6H2,1H3. The second kappa shape index (κ2) is 4.82. The summed E-state index contributed by atoms with van der Waals surface area (Å²) in [4.78, 5) is 25.0. The van der Waals surface area contributed by atoms with E-state index in [1.165, 1.54) is 6.92 Å². The molecule has 5 heteroatoms. The molecule has 3 nitrogen and oxygen atoms in total. The third-order valence-corrected chi connectivity index (χ3v) is 3.57. The van der Waals surface area contributed by atoms with Gasteiger partial charge in [-0.3, -0.25) is 9.59 Å². The molecule has 0 aromatic heterocycles. The molecule has 1 aromatic rings. The van der Waals surface area contributed by atoms with E-state index in [0.29, 0.717) is 24.2 Å². The summed E-state index contributed by atoms with van der Waals surface area (Å²) < 4.78 is 0.834. The number of nitrogens with zero attached hydrogens (tertiary/aromatic N) is 1. The van der Waals surface area contributed by atoms with Gasteiger partial charge in [-0.25, -0.2) is 0 Å². The van der Waals surface area contributed by atoms with Crippen molar-refractivity contribution in [3.05, 3.63) is 28.2 Å². The molecule has 0 spiro atoms. The maximum Gasteiger partial charge on any atom is 0.228 e. The first-order chi connectivity index (χ1) is 7.99. The lowest BCUT2D eigenvalue weighted by atomic mass is 10.1. The third-order valence-electron chi connectivity index (χ3n) is 2.73. The number of carbonyl (C=O) groups excluding carboxylic acids is 2. The number of rotatable bonds is 2. The normalized spacial score (nSPS) is 19.8. The molecule has 1 amide bonds. The van der Waals surface area contributed by atoms with E-state index in [4.69, 9.17) is 0 Å². The van der Waals surface area contributed by atoms with Crippen LogP contribution in [-0.2, 0) is 4.79 Å². The van der Waals surface area contributed by atoms with Crippen molar-refractivity contribution in [1.82, 2.24) is 0 Å². The molecule has 90 valence electrons. The van der Waals surface area contributed by atoms with Gasteiger partial charge in [0.1, 0.15) is 0 Å². The van der Waals surface area contributed by atoms with E-state index in [9.17, 15) is 9.59 Å². The van der Waals surface area contributed by atoms with Crippen LogP contribution in [0.1, 0.15) is 23.7 Å². The lowest BCUT2D eigenvalue weighted by molar-refractivity contribution is -0.117. The zero-order valence-electron chi connectivity index (χ0n) is 9.31. The van der Waals surface area contributed by atoms with Crippen LogP contribution in [0.2, 0.25) is 0 Å². The highest BCUT2D eigenvalue weighted by Gasteiger charge is 2.30. The van der Waals surface area contributed by atoms with Gasteiger partial charge in [0.05, 0.1) is 5.69 Å². The first-order valence-electron chi connectivity index (χ1n) is 5.28. The smallest absolute Gasteiger partial charge is 0.228 e. The van der Waals surface area contributed by atoms with Gasteiger partial charge in [-0.15, -0.1) is 0 Å². The molecule has 0 aliphatic carbocycles. The molecule has 1 unspecified atom stereocenters. The summed E-state index contributed by atoms with van der Waals surface area (Å²) in [6, 6.07) is 5.38. The number of hydrogen-bond donors (Lipinski definition) is 1. The van der Waals surface area contributed by atoms with Crippen LogP contribution in [0.3, 0.4) is 0 Å². The summed E-state index contributed by atoms with van der Waals surface area (Å²) in [5.74, 6) is -0.0217. The molecular formula is C12H12BrNO2S. The zero-order chi connectivity index (χ0) is 12.6. The summed E-state index contributed by atoms with van der Waals surface area (Å²) in [6.45, 7) is 2.06. The van der Waals surface area contributed by atoms with Crippen LogP contribution < -0.4 is 4.90 Å². The Labute approximate surface area is 114 Å². The van der Waals surface area contributed by atoms with Crippen LogP contribution in [-0.4, -0.2) is 23.5 Å². The Morgan fingerprint density at radius 1 is 1.53 bits per heavy atom. The van der Waals surface area contributed by atoms with Gasteiger partial charge in [0.15, 0.2) is 5.78 Å². The minimum atomic E-state index is -0.0447. The van der Waals surface area contributed by atoms with Crippen LogP contribution in [0.25, 0.3) is 0 Å². The van der Waals surface area contributed by atoms with Gasteiger partial charge in [0, 0.05) is 28.3 Å². The second-order valence-corrected chi connectivity index (χ2v) is 5.73. The van der Waals surface area contributed by atoms with E-state index in [-0.39, 0.29) is 16.9 Å². The number of carbonyl (C=O) groups is 2. The first-order valence-corrected chi connectivity index (χ1v) is 6.59. The fourth-order valence-electron chi connectivity index (χ4n) is 1.95. The molecule has 0 radical (unpaired) electrons. The SMILES string of the molecule is CC(=O)c1cc(Br)ccc1N1CC(S)CC1=O. The molecule has 2 rings (SSSR count). The molecular weight excluding hydrogens is 302 g/mol. The maximum atomic E-state index is 11.8. The predicted molar refractivity (Wildman–Crippen MR) is 73.9 cm³/mol. The fraction of sp³-hybridized carbons (Fsp3) is 0.333. The Bertz CT molecular complexity index is 489. The number of anilines is 1. The van der Waals surface area contributed by atoms with Gasteiger partial charge in [-0.2, -0.15) is 12.6 Å². The number of halogens is 1. The highest BCUT2D eigenvalue weighted by molar-refractivity contribution is 9.10. The molecule has 17 heavy (non-hydrogen) atoms. The summed E-state index contributed by atoms with van der Waals surface area (Å²) in [7, 11) is 0. The van der Waals surface area contributed by atoms with Gasteiger partial charge < -0.3 is 4.90 Å². The Morgan fingerprint density at radius 2 is 2.24 bits per heavy atom. The van der Waals surface area contributed by atoms with Crippen molar-refractivity contribution in [1.29, 1.82) is 0 Å². The van der Waals surface area contributed by atoms with Gasteiger partial charge in [0.2, 0.25) is 5.91 Å². The number of ketones is 1. The minimum Gasteiger partial charge on any atom is -0.311 e. The van der Waals surface area contributed by atoms with Crippen molar-refractivity contribution >= 4 is 45.9 Å². The molecule has 0 N–H and O–H groups in total. The van der Waals surface area contributed by atoms with E-state index in [1.807, 2.05) is 6.07 Å². The molecule has 1 aromatic carbocycles. The van der Waals surface area contributed by atoms with Crippen LogP contribution in [0.15, 0.2) is 22.7 Å². The number of thiol groups is 1. The van der Waals surface area contributed by atoms with Gasteiger partial charge >= 0.3 is 0 Å². The Hall–Kier alpha value is -0.810. The monoisotopic (exact) mass is 313 g/mol. The molecule has 0 bridgehead atoms. The second-order valence-electron chi connectivity index (χ2n) is 4.08. The molecule has 1 saturated heterocycles. The van der Waals surface area contributed by atoms with E-state index >= 15 is 0 Å². The Balaban J connectivity index is 2.45. The zero-order valence-corrected chi connectivity index (χ0v) is 11.8. The number of Topliss-reactive ketones (excluding diaryl/α,β-unsaturated/α-hetero) is 1. The van der Waals surface area contributed by atoms with E-state index in [0.717, 1.165) is 4.47 Å². The Kier molecular flexibility index (Phi) is 3.58. The summed E-state index contributed by atoms with van der Waals surface area (Å²) in [5.41, 5.74) is 1.25. The van der Waals surface area contributed by atoms with Crippen LogP contribution in [0, 0.1) is 0 Å². The molecule has 1 aliphatic heterocycles. The summed E-state index contributed by atoms with van der Waals surface area (Å²) in [6.07, 6.45) is 0.427. The van der Waals surface area contributed by atoms with Crippen molar-refractivity contribution in [2.75, 3.05) is 11.4 Å². The number of benzene rings is 1. The Morgan fingerprint density at radius 3 is 2.76 bits per heavy atom. The van der Waals surface area contributed by atoms with Crippen molar-refractivity contribution in [2.24, 2.45) is 0 Å². The minimum absolute atomic E-state index is 0.0230.